The number of halogens is 2. The van der Waals surface area contributed by atoms with Crippen molar-refractivity contribution in [3.8, 4) is 5.75 Å². The molecule has 0 aliphatic carbocycles. The van der Waals surface area contributed by atoms with E-state index in [1.807, 2.05) is 19.0 Å². The maximum Gasteiger partial charge on any atom is 0.387 e. The van der Waals surface area contributed by atoms with Crippen LogP contribution in [0.1, 0.15) is 5.56 Å². The number of amides is 2. The predicted octanol–water partition coefficient (Wildman–Crippen LogP) is 1.53. The average Bonchev–Trinajstić information content (AvgIpc) is 2.60. The van der Waals surface area contributed by atoms with Crippen molar-refractivity contribution in [3.05, 3.63) is 35.9 Å². The molecule has 1 saturated heterocycles. The highest BCUT2D eigenvalue weighted by molar-refractivity contribution is 5.92. The number of para-hydroxylation sites is 1. The minimum absolute atomic E-state index is 0.0191. The molecule has 142 valence electrons. The van der Waals surface area contributed by atoms with Gasteiger partial charge in [0.25, 0.3) is 0 Å². The molecule has 0 N–H and O–H groups in total. The molecule has 1 aromatic rings. The first kappa shape index (κ1) is 19.8. The molecule has 1 aliphatic heterocycles. The molecule has 1 fully saturated rings. The molecule has 0 radical (unpaired) electrons. The van der Waals surface area contributed by atoms with Gasteiger partial charge in [0.05, 0.1) is 6.54 Å². The Hall–Kier alpha value is -2.48. The van der Waals surface area contributed by atoms with Crippen LogP contribution in [0.25, 0.3) is 6.08 Å². The van der Waals surface area contributed by atoms with Gasteiger partial charge in [0, 0.05) is 37.8 Å². The number of carbonyl (C=O) groups excluding carboxylic acids is 2. The van der Waals surface area contributed by atoms with Crippen LogP contribution in [0.3, 0.4) is 0 Å². The second-order valence-corrected chi connectivity index (χ2v) is 6.19. The summed E-state index contributed by atoms with van der Waals surface area (Å²) in [6, 6.07) is 6.28. The Morgan fingerprint density at radius 1 is 1.15 bits per heavy atom. The molecule has 0 bridgehead atoms. The first-order chi connectivity index (χ1) is 12.4. The molecular formula is C18H23F2N3O3. The third-order valence-electron chi connectivity index (χ3n) is 3.94. The van der Waals surface area contributed by atoms with E-state index in [-0.39, 0.29) is 17.6 Å². The van der Waals surface area contributed by atoms with Crippen molar-refractivity contribution in [2.45, 2.75) is 6.61 Å². The van der Waals surface area contributed by atoms with Crippen LogP contribution in [0, 0.1) is 0 Å². The molecule has 0 atom stereocenters. The lowest BCUT2D eigenvalue weighted by Crippen LogP contribution is -2.51. The molecule has 1 aliphatic rings. The Kier molecular flexibility index (Phi) is 7.08. The number of likely N-dealkylation sites (N-methyl/N-ethyl adjacent to an activating group) is 1. The van der Waals surface area contributed by atoms with Crippen molar-refractivity contribution in [2.75, 3.05) is 46.8 Å². The number of hydrogen-bond donors (Lipinski definition) is 0. The van der Waals surface area contributed by atoms with E-state index in [1.165, 1.54) is 18.2 Å². The van der Waals surface area contributed by atoms with Gasteiger partial charge < -0.3 is 19.4 Å². The average molecular weight is 367 g/mol. The summed E-state index contributed by atoms with van der Waals surface area (Å²) in [6.07, 6.45) is 2.80. The fraction of sp³-hybridized carbons (Fsp3) is 0.444. The Balaban J connectivity index is 1.91. The number of piperazine rings is 1. The first-order valence-corrected chi connectivity index (χ1v) is 8.30. The molecule has 8 heteroatoms. The third-order valence-corrected chi connectivity index (χ3v) is 3.94. The fourth-order valence-corrected chi connectivity index (χ4v) is 2.63. The number of ether oxygens (including phenoxy) is 1. The molecule has 6 nitrogen and oxygen atoms in total. The fourth-order valence-electron chi connectivity index (χ4n) is 2.63. The molecule has 0 spiro atoms. The van der Waals surface area contributed by atoms with Crippen LogP contribution in [-0.4, -0.2) is 79.9 Å². The third kappa shape index (κ3) is 5.80. The van der Waals surface area contributed by atoms with Gasteiger partial charge in [0.1, 0.15) is 5.75 Å². The topological polar surface area (TPSA) is 53.1 Å². The van der Waals surface area contributed by atoms with Gasteiger partial charge in [-0.3, -0.25) is 9.59 Å². The Bertz CT molecular complexity index is 657. The molecule has 0 unspecified atom stereocenters. The van der Waals surface area contributed by atoms with Gasteiger partial charge in [0.2, 0.25) is 11.8 Å². The van der Waals surface area contributed by atoms with Crippen LogP contribution in [0.2, 0.25) is 0 Å². The smallest absolute Gasteiger partial charge is 0.387 e. The van der Waals surface area contributed by atoms with Gasteiger partial charge in [0.15, 0.2) is 0 Å². The van der Waals surface area contributed by atoms with E-state index in [1.54, 1.807) is 28.0 Å². The lowest BCUT2D eigenvalue weighted by atomic mass is 10.2. The quantitative estimate of drug-likeness (QED) is 0.716. The highest BCUT2D eigenvalue weighted by atomic mass is 19.3. The summed E-state index contributed by atoms with van der Waals surface area (Å²) in [6.45, 7) is -0.730. The summed E-state index contributed by atoms with van der Waals surface area (Å²) in [5, 5.41) is 0. The minimum Gasteiger partial charge on any atom is -0.434 e. The highest BCUT2D eigenvalue weighted by Crippen LogP contribution is 2.21. The van der Waals surface area contributed by atoms with E-state index >= 15 is 0 Å². The van der Waals surface area contributed by atoms with E-state index < -0.39 is 6.61 Å². The second-order valence-electron chi connectivity index (χ2n) is 6.19. The summed E-state index contributed by atoms with van der Waals surface area (Å²) >= 11 is 0. The van der Waals surface area contributed by atoms with E-state index in [0.29, 0.717) is 38.3 Å². The van der Waals surface area contributed by atoms with Gasteiger partial charge >= 0.3 is 6.61 Å². The normalized spacial score (nSPS) is 15.2. The molecule has 2 amide bonds. The summed E-state index contributed by atoms with van der Waals surface area (Å²) in [5.41, 5.74) is 0.404. The zero-order chi connectivity index (χ0) is 19.1. The SMILES string of the molecule is CN(C)CC(=O)N1CCN(C(=O)C=Cc2ccccc2OC(F)F)CC1. The van der Waals surface area contributed by atoms with Crippen LogP contribution in [0.5, 0.6) is 5.75 Å². The standard InChI is InChI=1S/C18H23F2N3O3/c1-21(2)13-17(25)23-11-9-22(10-12-23)16(24)8-7-14-5-3-4-6-15(14)26-18(19)20/h3-8,18H,9-13H2,1-2H3. The second kappa shape index (κ2) is 9.28. The Morgan fingerprint density at radius 2 is 1.77 bits per heavy atom. The molecule has 0 aromatic heterocycles. The van der Waals surface area contributed by atoms with Crippen LogP contribution in [0.15, 0.2) is 30.3 Å². The number of benzene rings is 1. The number of alkyl halides is 2. The number of hydrogen-bond acceptors (Lipinski definition) is 4. The summed E-state index contributed by atoms with van der Waals surface area (Å²) in [7, 11) is 3.66. The molecular weight excluding hydrogens is 344 g/mol. The predicted molar refractivity (Wildman–Crippen MR) is 93.8 cm³/mol. The lowest BCUT2D eigenvalue weighted by Gasteiger charge is -2.34. The van der Waals surface area contributed by atoms with Crippen molar-refractivity contribution in [3.63, 3.8) is 0 Å². The van der Waals surface area contributed by atoms with Crippen LogP contribution < -0.4 is 4.74 Å². The van der Waals surface area contributed by atoms with Crippen LogP contribution >= 0.6 is 0 Å². The summed E-state index contributed by atoms with van der Waals surface area (Å²) < 4.78 is 29.3. The molecule has 1 heterocycles. The van der Waals surface area contributed by atoms with Crippen LogP contribution in [0.4, 0.5) is 8.78 Å². The van der Waals surface area contributed by atoms with E-state index in [9.17, 15) is 18.4 Å². The maximum absolute atomic E-state index is 12.4. The maximum atomic E-state index is 12.4. The van der Waals surface area contributed by atoms with Gasteiger partial charge in [-0.1, -0.05) is 18.2 Å². The Morgan fingerprint density at radius 3 is 2.38 bits per heavy atom. The zero-order valence-electron chi connectivity index (χ0n) is 14.9. The van der Waals surface area contributed by atoms with Gasteiger partial charge in [-0.2, -0.15) is 8.78 Å². The van der Waals surface area contributed by atoms with Crippen molar-refractivity contribution >= 4 is 17.9 Å². The monoisotopic (exact) mass is 367 g/mol. The molecule has 1 aromatic carbocycles. The van der Waals surface area contributed by atoms with E-state index in [0.717, 1.165) is 0 Å². The summed E-state index contributed by atoms with van der Waals surface area (Å²) in [4.78, 5) is 29.5. The van der Waals surface area contributed by atoms with Gasteiger partial charge in [-0.25, -0.2) is 0 Å². The van der Waals surface area contributed by atoms with E-state index in [2.05, 4.69) is 4.74 Å². The van der Waals surface area contributed by atoms with E-state index in [4.69, 9.17) is 0 Å². The number of carbonyl (C=O) groups is 2. The zero-order valence-corrected chi connectivity index (χ0v) is 14.9. The van der Waals surface area contributed by atoms with Crippen molar-refractivity contribution in [1.82, 2.24) is 14.7 Å². The highest BCUT2D eigenvalue weighted by Gasteiger charge is 2.23. The molecule has 0 saturated carbocycles. The number of nitrogens with zero attached hydrogens (tertiary/aromatic N) is 3. The molecule has 2 rings (SSSR count). The van der Waals surface area contributed by atoms with Gasteiger partial charge in [-0.05, 0) is 26.2 Å². The van der Waals surface area contributed by atoms with Crippen molar-refractivity contribution in [2.24, 2.45) is 0 Å². The van der Waals surface area contributed by atoms with Gasteiger partial charge in [-0.15, -0.1) is 0 Å². The first-order valence-electron chi connectivity index (χ1n) is 8.30. The number of rotatable bonds is 6. The minimum atomic E-state index is -2.92. The van der Waals surface area contributed by atoms with Crippen molar-refractivity contribution in [1.29, 1.82) is 0 Å². The largest absolute Gasteiger partial charge is 0.434 e. The summed E-state index contributed by atoms with van der Waals surface area (Å²) in [5.74, 6) is -0.169. The van der Waals surface area contributed by atoms with Crippen LogP contribution in [-0.2, 0) is 9.59 Å². The molecule has 26 heavy (non-hydrogen) atoms. The van der Waals surface area contributed by atoms with Crippen molar-refractivity contribution < 1.29 is 23.1 Å². The Labute approximate surface area is 151 Å². The lowest BCUT2D eigenvalue weighted by molar-refractivity contribution is -0.137.